The summed E-state index contributed by atoms with van der Waals surface area (Å²) >= 11 is 0. The maximum absolute atomic E-state index is 12.9. The van der Waals surface area contributed by atoms with Gasteiger partial charge in [-0.05, 0) is 49.0 Å². The number of methoxy groups -OCH3 is 1. The summed E-state index contributed by atoms with van der Waals surface area (Å²) in [5.41, 5.74) is 0.200. The van der Waals surface area contributed by atoms with Gasteiger partial charge in [0.25, 0.3) is 0 Å². The van der Waals surface area contributed by atoms with Crippen molar-refractivity contribution in [2.75, 3.05) is 33.9 Å². The SMILES string of the molecule is COc1ccccc1OCC(O)CN(C)CCC(Oc1ccc(C(F)(F)F)cc1)c1ccccc1. The first-order chi connectivity index (χ1) is 16.8. The fourth-order valence-electron chi connectivity index (χ4n) is 3.61. The molecule has 0 saturated carbocycles. The number of hydrogen-bond acceptors (Lipinski definition) is 5. The fraction of sp³-hybridized carbons (Fsp3) is 0.333. The van der Waals surface area contributed by atoms with Gasteiger partial charge in [-0.2, -0.15) is 13.2 Å². The summed E-state index contributed by atoms with van der Waals surface area (Å²) in [4.78, 5) is 1.96. The second-order valence-corrected chi connectivity index (χ2v) is 8.21. The van der Waals surface area contributed by atoms with Crippen LogP contribution in [0.5, 0.6) is 17.2 Å². The van der Waals surface area contributed by atoms with Crippen LogP contribution in [-0.4, -0.2) is 50.0 Å². The quantitative estimate of drug-likeness (QED) is 0.359. The van der Waals surface area contributed by atoms with Crippen molar-refractivity contribution in [1.29, 1.82) is 0 Å². The average molecular weight is 490 g/mol. The van der Waals surface area contributed by atoms with Crippen molar-refractivity contribution in [3.05, 3.63) is 90.0 Å². The molecule has 0 aliphatic heterocycles. The van der Waals surface area contributed by atoms with Crippen molar-refractivity contribution in [2.45, 2.75) is 24.8 Å². The topological polar surface area (TPSA) is 51.2 Å². The summed E-state index contributed by atoms with van der Waals surface area (Å²) in [6.07, 6.45) is -4.91. The van der Waals surface area contributed by atoms with Gasteiger partial charge in [-0.3, -0.25) is 0 Å². The molecule has 3 aromatic rings. The van der Waals surface area contributed by atoms with Crippen LogP contribution in [-0.2, 0) is 6.18 Å². The van der Waals surface area contributed by atoms with E-state index in [4.69, 9.17) is 14.2 Å². The van der Waals surface area contributed by atoms with E-state index in [1.807, 2.05) is 54.4 Å². The minimum atomic E-state index is -4.39. The van der Waals surface area contributed by atoms with Crippen LogP contribution in [0, 0.1) is 0 Å². The Morgan fingerprint density at radius 3 is 2.14 bits per heavy atom. The lowest BCUT2D eigenvalue weighted by molar-refractivity contribution is -0.137. The molecule has 0 aromatic heterocycles. The number of aliphatic hydroxyl groups is 1. The summed E-state index contributed by atoms with van der Waals surface area (Å²) in [6, 6.07) is 21.4. The normalized spacial score (nSPS) is 13.3. The number of halogens is 3. The van der Waals surface area contributed by atoms with E-state index in [1.165, 1.54) is 12.1 Å². The standard InChI is InChI=1S/C27H30F3NO4/c1-31(18-22(32)19-34-26-11-7-6-10-25(26)33-2)17-16-24(20-8-4-3-5-9-20)35-23-14-12-21(13-15-23)27(28,29)30/h3-15,22,24,32H,16-19H2,1-2H3. The molecule has 0 aliphatic carbocycles. The molecule has 5 nitrogen and oxygen atoms in total. The zero-order chi connectivity index (χ0) is 25.3. The molecule has 2 atom stereocenters. The summed E-state index contributed by atoms with van der Waals surface area (Å²) in [7, 11) is 3.44. The van der Waals surface area contributed by atoms with E-state index < -0.39 is 17.8 Å². The van der Waals surface area contributed by atoms with Crippen LogP contribution >= 0.6 is 0 Å². The molecule has 188 valence electrons. The molecule has 0 heterocycles. The van der Waals surface area contributed by atoms with Gasteiger partial charge in [0.2, 0.25) is 0 Å². The summed E-state index contributed by atoms with van der Waals surface area (Å²) < 4.78 is 55.6. The summed E-state index contributed by atoms with van der Waals surface area (Å²) in [5.74, 6) is 1.52. The van der Waals surface area contributed by atoms with Crippen molar-refractivity contribution >= 4 is 0 Å². The van der Waals surface area contributed by atoms with Crippen LogP contribution in [0.4, 0.5) is 13.2 Å². The van der Waals surface area contributed by atoms with Gasteiger partial charge in [0, 0.05) is 19.5 Å². The zero-order valence-electron chi connectivity index (χ0n) is 19.7. The largest absolute Gasteiger partial charge is 0.493 e. The molecule has 0 aliphatic rings. The fourth-order valence-corrected chi connectivity index (χ4v) is 3.61. The van der Waals surface area contributed by atoms with Crippen LogP contribution in [0.3, 0.4) is 0 Å². The highest BCUT2D eigenvalue weighted by molar-refractivity contribution is 5.39. The molecule has 1 N–H and O–H groups in total. The molecule has 0 saturated heterocycles. The van der Waals surface area contributed by atoms with Crippen molar-refractivity contribution in [3.63, 3.8) is 0 Å². The molecule has 0 radical (unpaired) electrons. The zero-order valence-corrected chi connectivity index (χ0v) is 19.7. The average Bonchev–Trinajstić information content (AvgIpc) is 2.85. The van der Waals surface area contributed by atoms with Gasteiger partial charge in [0.05, 0.1) is 12.7 Å². The van der Waals surface area contributed by atoms with E-state index in [1.54, 1.807) is 19.2 Å². The third-order valence-corrected chi connectivity index (χ3v) is 5.43. The Bertz CT molecular complexity index is 1030. The Hall–Kier alpha value is -3.23. The molecule has 0 bridgehead atoms. The molecule has 3 aromatic carbocycles. The van der Waals surface area contributed by atoms with Gasteiger partial charge < -0.3 is 24.2 Å². The Kier molecular flexibility index (Phi) is 9.39. The molecular weight excluding hydrogens is 459 g/mol. The third-order valence-electron chi connectivity index (χ3n) is 5.43. The molecule has 35 heavy (non-hydrogen) atoms. The number of likely N-dealkylation sites (N-methyl/N-ethyl adjacent to an activating group) is 1. The van der Waals surface area contributed by atoms with Crippen molar-refractivity contribution in [2.24, 2.45) is 0 Å². The Morgan fingerprint density at radius 2 is 1.51 bits per heavy atom. The Balaban J connectivity index is 1.56. The van der Waals surface area contributed by atoms with Crippen LogP contribution < -0.4 is 14.2 Å². The molecule has 0 amide bonds. The summed E-state index contributed by atoms with van der Waals surface area (Å²) in [5, 5.41) is 10.4. The first-order valence-corrected chi connectivity index (χ1v) is 11.3. The third kappa shape index (κ3) is 8.19. The number of benzene rings is 3. The number of rotatable bonds is 12. The molecular formula is C27H30F3NO4. The highest BCUT2D eigenvalue weighted by Gasteiger charge is 2.30. The first-order valence-electron chi connectivity index (χ1n) is 11.3. The second-order valence-electron chi connectivity index (χ2n) is 8.21. The van der Waals surface area contributed by atoms with E-state index in [2.05, 4.69) is 0 Å². The number of para-hydroxylation sites is 2. The van der Waals surface area contributed by atoms with E-state index in [-0.39, 0.29) is 12.7 Å². The van der Waals surface area contributed by atoms with Crippen LogP contribution in [0.1, 0.15) is 23.7 Å². The number of alkyl halides is 3. The van der Waals surface area contributed by atoms with E-state index in [9.17, 15) is 18.3 Å². The van der Waals surface area contributed by atoms with Gasteiger partial charge in [0.1, 0.15) is 24.6 Å². The highest BCUT2D eigenvalue weighted by atomic mass is 19.4. The van der Waals surface area contributed by atoms with E-state index >= 15 is 0 Å². The van der Waals surface area contributed by atoms with Crippen molar-refractivity contribution < 1.29 is 32.5 Å². The molecule has 3 rings (SSSR count). The number of aliphatic hydroxyl groups excluding tert-OH is 1. The van der Waals surface area contributed by atoms with E-state index in [0.717, 1.165) is 17.7 Å². The predicted molar refractivity (Wildman–Crippen MR) is 128 cm³/mol. The Labute approximate surface area is 203 Å². The van der Waals surface area contributed by atoms with Gasteiger partial charge in [0.15, 0.2) is 11.5 Å². The maximum Gasteiger partial charge on any atom is 0.416 e. The van der Waals surface area contributed by atoms with Gasteiger partial charge in [-0.15, -0.1) is 0 Å². The van der Waals surface area contributed by atoms with Crippen LogP contribution in [0.15, 0.2) is 78.9 Å². The molecule has 2 unspecified atom stereocenters. The smallest absolute Gasteiger partial charge is 0.416 e. The van der Waals surface area contributed by atoms with Gasteiger partial charge >= 0.3 is 6.18 Å². The van der Waals surface area contributed by atoms with Gasteiger partial charge in [-0.1, -0.05) is 42.5 Å². The first kappa shape index (κ1) is 26.4. The lowest BCUT2D eigenvalue weighted by Gasteiger charge is -2.25. The molecule has 0 spiro atoms. The van der Waals surface area contributed by atoms with Crippen molar-refractivity contribution in [3.8, 4) is 17.2 Å². The summed E-state index contributed by atoms with van der Waals surface area (Å²) in [6.45, 7) is 1.07. The molecule has 8 heteroatoms. The highest BCUT2D eigenvalue weighted by Crippen LogP contribution is 2.32. The van der Waals surface area contributed by atoms with Crippen LogP contribution in [0.2, 0.25) is 0 Å². The minimum absolute atomic E-state index is 0.106. The second kappa shape index (κ2) is 12.5. The molecule has 0 fully saturated rings. The van der Waals surface area contributed by atoms with Gasteiger partial charge in [-0.25, -0.2) is 0 Å². The monoisotopic (exact) mass is 489 g/mol. The Morgan fingerprint density at radius 1 is 0.886 bits per heavy atom. The lowest BCUT2D eigenvalue weighted by Crippen LogP contribution is -2.34. The maximum atomic E-state index is 12.9. The predicted octanol–water partition coefficient (Wildman–Crippen LogP) is 5.60. The minimum Gasteiger partial charge on any atom is -0.493 e. The number of ether oxygens (including phenoxy) is 3. The number of hydrogen-bond donors (Lipinski definition) is 1. The lowest BCUT2D eigenvalue weighted by atomic mass is 10.1. The van der Waals surface area contributed by atoms with Crippen molar-refractivity contribution in [1.82, 2.24) is 4.90 Å². The number of nitrogens with zero attached hydrogens (tertiary/aromatic N) is 1. The van der Waals surface area contributed by atoms with E-state index in [0.29, 0.717) is 36.8 Å². The van der Waals surface area contributed by atoms with Crippen LogP contribution in [0.25, 0.3) is 0 Å².